The third kappa shape index (κ3) is 3.44. The van der Waals surface area contributed by atoms with Gasteiger partial charge in [0.25, 0.3) is 10.0 Å². The molecule has 9 heteroatoms. The van der Waals surface area contributed by atoms with E-state index in [0.29, 0.717) is 11.3 Å². The third-order valence-corrected chi connectivity index (χ3v) is 5.35. The summed E-state index contributed by atoms with van der Waals surface area (Å²) in [6.45, 7) is 0.266. The van der Waals surface area contributed by atoms with Crippen molar-refractivity contribution >= 4 is 16.0 Å². The van der Waals surface area contributed by atoms with Crippen molar-refractivity contribution in [3.05, 3.63) is 79.0 Å². The molecule has 0 saturated carbocycles. The molecule has 0 saturated heterocycles. The average Bonchev–Trinajstić information content (AvgIpc) is 3.38. The van der Waals surface area contributed by atoms with Crippen molar-refractivity contribution < 1.29 is 12.8 Å². The van der Waals surface area contributed by atoms with E-state index < -0.39 is 10.0 Å². The van der Waals surface area contributed by atoms with Crippen molar-refractivity contribution in [2.24, 2.45) is 0 Å². The Labute approximate surface area is 155 Å². The van der Waals surface area contributed by atoms with E-state index >= 15 is 0 Å². The minimum absolute atomic E-state index is 0.0918. The first-order chi connectivity index (χ1) is 13.1. The van der Waals surface area contributed by atoms with Gasteiger partial charge in [-0.1, -0.05) is 18.2 Å². The molecule has 0 amide bonds. The van der Waals surface area contributed by atoms with E-state index in [2.05, 4.69) is 20.4 Å². The number of nitrogens with one attached hydrogen (secondary N) is 1. The average molecular weight is 381 g/mol. The molecule has 4 rings (SSSR count). The van der Waals surface area contributed by atoms with Gasteiger partial charge in [-0.3, -0.25) is 4.98 Å². The van der Waals surface area contributed by atoms with Crippen LogP contribution in [0.4, 0.5) is 5.95 Å². The van der Waals surface area contributed by atoms with Crippen molar-refractivity contribution in [3.63, 3.8) is 0 Å². The molecule has 1 N–H and O–H groups in total. The highest BCUT2D eigenvalue weighted by Gasteiger charge is 2.24. The lowest BCUT2D eigenvalue weighted by atomic mass is 10.3. The second kappa shape index (κ2) is 7.04. The van der Waals surface area contributed by atoms with Crippen molar-refractivity contribution in [2.45, 2.75) is 11.4 Å². The molecular weight excluding hydrogens is 366 g/mol. The smallest absolute Gasteiger partial charge is 0.286 e. The molecule has 8 nitrogen and oxygen atoms in total. The summed E-state index contributed by atoms with van der Waals surface area (Å²) in [4.78, 5) is 8.50. The van der Waals surface area contributed by atoms with Crippen LogP contribution < -0.4 is 5.32 Å². The number of pyridine rings is 1. The quantitative estimate of drug-likeness (QED) is 0.548. The largest absolute Gasteiger partial charge is 0.467 e. The second-order valence-electron chi connectivity index (χ2n) is 5.59. The van der Waals surface area contributed by atoms with Crippen molar-refractivity contribution in [1.82, 2.24) is 19.2 Å². The topological polar surface area (TPSA) is 103 Å². The lowest BCUT2D eigenvalue weighted by Gasteiger charge is -2.08. The summed E-state index contributed by atoms with van der Waals surface area (Å²) in [5, 5.41) is 7.19. The van der Waals surface area contributed by atoms with Gasteiger partial charge in [0.05, 0.1) is 17.7 Å². The summed E-state index contributed by atoms with van der Waals surface area (Å²) in [6, 6.07) is 15.1. The first-order valence-corrected chi connectivity index (χ1v) is 9.53. The van der Waals surface area contributed by atoms with Crippen LogP contribution in [-0.2, 0) is 16.6 Å². The van der Waals surface area contributed by atoms with E-state index in [1.807, 2.05) is 0 Å². The van der Waals surface area contributed by atoms with Crippen molar-refractivity contribution in [3.8, 4) is 11.4 Å². The van der Waals surface area contributed by atoms with Gasteiger partial charge in [0.15, 0.2) is 5.82 Å². The van der Waals surface area contributed by atoms with Crippen LogP contribution in [-0.4, -0.2) is 27.6 Å². The maximum atomic E-state index is 13.0. The highest BCUT2D eigenvalue weighted by atomic mass is 32.2. The van der Waals surface area contributed by atoms with Crippen LogP contribution in [0.25, 0.3) is 11.4 Å². The van der Waals surface area contributed by atoms with E-state index in [-0.39, 0.29) is 23.2 Å². The summed E-state index contributed by atoms with van der Waals surface area (Å²) < 4.78 is 32.3. The highest BCUT2D eigenvalue weighted by molar-refractivity contribution is 7.90. The fourth-order valence-corrected chi connectivity index (χ4v) is 3.68. The zero-order valence-corrected chi connectivity index (χ0v) is 14.9. The van der Waals surface area contributed by atoms with Gasteiger partial charge >= 0.3 is 0 Å². The molecule has 0 aliphatic rings. The Morgan fingerprint density at radius 2 is 1.89 bits per heavy atom. The fourth-order valence-electron chi connectivity index (χ4n) is 2.46. The predicted octanol–water partition coefficient (Wildman–Crippen LogP) is 2.78. The van der Waals surface area contributed by atoms with Gasteiger partial charge in [-0.25, -0.2) is 0 Å². The minimum atomic E-state index is -3.92. The Bertz CT molecular complexity index is 1120. The van der Waals surface area contributed by atoms with Crippen LogP contribution in [0.5, 0.6) is 0 Å². The summed E-state index contributed by atoms with van der Waals surface area (Å²) in [5.74, 6) is 0.989. The van der Waals surface area contributed by atoms with Crippen LogP contribution in [0.15, 0.2) is 82.6 Å². The maximum absolute atomic E-state index is 13.0. The molecule has 0 radical (unpaired) electrons. The van der Waals surface area contributed by atoms with Crippen LogP contribution >= 0.6 is 0 Å². The van der Waals surface area contributed by atoms with Crippen molar-refractivity contribution in [2.75, 3.05) is 5.32 Å². The molecule has 0 bridgehead atoms. The molecule has 0 fully saturated rings. The Morgan fingerprint density at radius 3 is 2.59 bits per heavy atom. The summed E-state index contributed by atoms with van der Waals surface area (Å²) in [6.07, 6.45) is 4.74. The maximum Gasteiger partial charge on any atom is 0.286 e. The summed E-state index contributed by atoms with van der Waals surface area (Å²) >= 11 is 0. The summed E-state index contributed by atoms with van der Waals surface area (Å²) in [5.41, 5.74) is 0.612. The van der Waals surface area contributed by atoms with Crippen LogP contribution in [0.2, 0.25) is 0 Å². The first-order valence-electron chi connectivity index (χ1n) is 8.09. The number of hydrogen-bond donors (Lipinski definition) is 1. The van der Waals surface area contributed by atoms with Gasteiger partial charge in [-0.05, 0) is 36.4 Å². The Balaban J connectivity index is 1.77. The molecule has 3 heterocycles. The number of nitrogens with zero attached hydrogens (tertiary/aromatic N) is 4. The van der Waals surface area contributed by atoms with Gasteiger partial charge in [0.1, 0.15) is 5.76 Å². The molecular formula is C18H15N5O3S. The highest BCUT2D eigenvalue weighted by Crippen LogP contribution is 2.22. The van der Waals surface area contributed by atoms with Gasteiger partial charge in [-0.15, -0.1) is 9.19 Å². The second-order valence-corrected chi connectivity index (χ2v) is 7.36. The number of furan rings is 1. The van der Waals surface area contributed by atoms with E-state index in [9.17, 15) is 8.42 Å². The molecule has 0 atom stereocenters. The van der Waals surface area contributed by atoms with Crippen LogP contribution in [0, 0.1) is 0 Å². The number of benzene rings is 1. The van der Waals surface area contributed by atoms with Crippen LogP contribution in [0.3, 0.4) is 0 Å². The number of hydrogen-bond acceptors (Lipinski definition) is 7. The Morgan fingerprint density at radius 1 is 1.04 bits per heavy atom. The van der Waals surface area contributed by atoms with E-state index in [4.69, 9.17) is 4.42 Å². The fraction of sp³-hybridized carbons (Fsp3) is 0.0556. The molecule has 0 aliphatic carbocycles. The van der Waals surface area contributed by atoms with E-state index in [1.165, 1.54) is 12.1 Å². The standard InChI is InChI=1S/C18H15N5O3S/c24-27(25,16-8-2-1-3-9-16)23-18(20-13-15-7-5-11-26-15)21-17(22-23)14-6-4-10-19-12-14/h1-12H,13H2,(H,20,21,22). The normalized spacial score (nSPS) is 11.4. The molecule has 0 aliphatic heterocycles. The van der Waals surface area contributed by atoms with Gasteiger partial charge in [0, 0.05) is 18.0 Å². The van der Waals surface area contributed by atoms with Gasteiger partial charge in [-0.2, -0.15) is 13.4 Å². The number of aromatic nitrogens is 4. The molecule has 4 aromatic rings. The molecule has 136 valence electrons. The molecule has 0 unspecified atom stereocenters. The molecule has 27 heavy (non-hydrogen) atoms. The Kier molecular flexibility index (Phi) is 4.43. The zero-order chi connectivity index (χ0) is 18.7. The molecule has 0 spiro atoms. The Hall–Kier alpha value is -3.46. The zero-order valence-electron chi connectivity index (χ0n) is 14.1. The number of anilines is 1. The summed E-state index contributed by atoms with van der Waals surface area (Å²) in [7, 11) is -3.92. The predicted molar refractivity (Wildman–Crippen MR) is 98.3 cm³/mol. The van der Waals surface area contributed by atoms with E-state index in [0.717, 1.165) is 4.09 Å². The first kappa shape index (κ1) is 17.0. The number of rotatable bonds is 6. The monoisotopic (exact) mass is 381 g/mol. The molecule has 3 aromatic heterocycles. The van der Waals surface area contributed by atoms with Crippen molar-refractivity contribution in [1.29, 1.82) is 0 Å². The van der Waals surface area contributed by atoms with Gasteiger partial charge < -0.3 is 9.73 Å². The lowest BCUT2D eigenvalue weighted by molar-refractivity contribution is 0.517. The van der Waals surface area contributed by atoms with E-state index in [1.54, 1.807) is 61.1 Å². The SMILES string of the molecule is O=S(=O)(c1ccccc1)n1nc(-c2cccnc2)nc1NCc1ccco1. The van der Waals surface area contributed by atoms with Crippen LogP contribution in [0.1, 0.15) is 5.76 Å². The lowest BCUT2D eigenvalue weighted by Crippen LogP contribution is -2.18. The minimum Gasteiger partial charge on any atom is -0.467 e. The molecule has 1 aromatic carbocycles. The third-order valence-electron chi connectivity index (χ3n) is 3.77. The van der Waals surface area contributed by atoms with Gasteiger partial charge in [0.2, 0.25) is 5.95 Å².